The minimum absolute atomic E-state index is 0.156. The maximum Gasteiger partial charge on any atom is 0.233 e. The van der Waals surface area contributed by atoms with Gasteiger partial charge in [0.15, 0.2) is 5.16 Å². The smallest absolute Gasteiger partial charge is 0.233 e. The van der Waals surface area contributed by atoms with E-state index in [4.69, 9.17) is 11.6 Å². The van der Waals surface area contributed by atoms with E-state index in [0.717, 1.165) is 51.6 Å². The summed E-state index contributed by atoms with van der Waals surface area (Å²) in [6, 6.07) is 1.82. The van der Waals surface area contributed by atoms with Crippen LogP contribution in [-0.4, -0.2) is 77.2 Å². The minimum Gasteiger partial charge on any atom is -0.356 e. The van der Waals surface area contributed by atoms with E-state index in [2.05, 4.69) is 26.7 Å². The summed E-state index contributed by atoms with van der Waals surface area (Å²) in [7, 11) is 0. The Balaban J connectivity index is 1.55. The van der Waals surface area contributed by atoms with Gasteiger partial charge in [0.25, 0.3) is 0 Å². The number of carbonyl (C=O) groups is 1. The second kappa shape index (κ2) is 9.05. The summed E-state index contributed by atoms with van der Waals surface area (Å²) in [6.07, 6.45) is 3.65. The zero-order chi connectivity index (χ0) is 17.6. The Morgan fingerprint density at radius 2 is 1.84 bits per heavy atom. The molecule has 138 valence electrons. The molecule has 0 unspecified atom stereocenters. The Kier molecular flexibility index (Phi) is 6.78. The molecule has 0 radical (unpaired) electrons. The van der Waals surface area contributed by atoms with E-state index in [-0.39, 0.29) is 5.91 Å². The molecular weight excluding hydrogens is 358 g/mol. The molecule has 0 atom stereocenters. The molecule has 0 bridgehead atoms. The Morgan fingerprint density at radius 1 is 1.12 bits per heavy atom. The number of hydrogen-bond acceptors (Lipinski definition) is 6. The molecule has 2 aliphatic heterocycles. The highest BCUT2D eigenvalue weighted by atomic mass is 35.5. The van der Waals surface area contributed by atoms with Gasteiger partial charge in [-0.2, -0.15) is 0 Å². The number of anilines is 1. The van der Waals surface area contributed by atoms with Gasteiger partial charge in [-0.3, -0.25) is 4.79 Å². The number of thioether (sulfide) groups is 1. The van der Waals surface area contributed by atoms with Crippen molar-refractivity contribution in [1.82, 2.24) is 19.8 Å². The van der Waals surface area contributed by atoms with E-state index in [1.807, 2.05) is 11.0 Å². The van der Waals surface area contributed by atoms with Crippen molar-refractivity contribution in [3.63, 3.8) is 0 Å². The van der Waals surface area contributed by atoms with Crippen molar-refractivity contribution in [2.75, 3.05) is 56.5 Å². The second-order valence-electron chi connectivity index (χ2n) is 6.48. The lowest BCUT2D eigenvalue weighted by atomic mass is 10.1. The highest BCUT2D eigenvalue weighted by molar-refractivity contribution is 7.99. The first-order chi connectivity index (χ1) is 12.2. The molecule has 3 rings (SSSR count). The van der Waals surface area contributed by atoms with Gasteiger partial charge in [0.1, 0.15) is 11.0 Å². The summed E-state index contributed by atoms with van der Waals surface area (Å²) < 4.78 is 0. The summed E-state index contributed by atoms with van der Waals surface area (Å²) in [5.41, 5.74) is 0. The summed E-state index contributed by atoms with van der Waals surface area (Å²) in [5, 5.41) is 1.04. The Labute approximate surface area is 158 Å². The molecule has 3 heterocycles. The number of piperidine rings is 1. The van der Waals surface area contributed by atoms with Gasteiger partial charge < -0.3 is 14.7 Å². The molecule has 0 aromatic carbocycles. The van der Waals surface area contributed by atoms with Crippen LogP contribution in [0, 0.1) is 0 Å². The van der Waals surface area contributed by atoms with Crippen molar-refractivity contribution in [2.45, 2.75) is 31.3 Å². The monoisotopic (exact) mass is 383 g/mol. The molecule has 0 aliphatic carbocycles. The van der Waals surface area contributed by atoms with Crippen LogP contribution in [0.15, 0.2) is 11.2 Å². The van der Waals surface area contributed by atoms with Crippen LogP contribution in [0.5, 0.6) is 0 Å². The Morgan fingerprint density at radius 3 is 2.52 bits per heavy atom. The fourth-order valence-corrected chi connectivity index (χ4v) is 4.25. The van der Waals surface area contributed by atoms with E-state index in [9.17, 15) is 4.79 Å². The van der Waals surface area contributed by atoms with Crippen LogP contribution in [0.1, 0.15) is 26.2 Å². The van der Waals surface area contributed by atoms with E-state index in [0.29, 0.717) is 16.1 Å². The van der Waals surface area contributed by atoms with Crippen molar-refractivity contribution in [3.8, 4) is 0 Å². The first-order valence-electron chi connectivity index (χ1n) is 9.08. The molecular formula is C17H26ClN5OS. The molecule has 2 aliphatic rings. The predicted molar refractivity (Wildman–Crippen MR) is 103 cm³/mol. The van der Waals surface area contributed by atoms with Gasteiger partial charge in [-0.05, 0) is 25.8 Å². The van der Waals surface area contributed by atoms with Crippen LogP contribution in [0.4, 0.5) is 5.82 Å². The number of rotatable bonds is 5. The number of hydrogen-bond donors (Lipinski definition) is 0. The van der Waals surface area contributed by atoms with Crippen molar-refractivity contribution in [3.05, 3.63) is 11.2 Å². The number of aromatic nitrogens is 2. The first kappa shape index (κ1) is 18.7. The summed E-state index contributed by atoms with van der Waals surface area (Å²) in [5.74, 6) is 1.40. The van der Waals surface area contributed by atoms with Crippen LogP contribution in [0.3, 0.4) is 0 Å². The van der Waals surface area contributed by atoms with Crippen LogP contribution in [0.2, 0.25) is 5.15 Å². The van der Waals surface area contributed by atoms with Crippen molar-refractivity contribution < 1.29 is 4.79 Å². The van der Waals surface area contributed by atoms with Gasteiger partial charge in [0, 0.05) is 45.3 Å². The van der Waals surface area contributed by atoms with Crippen molar-refractivity contribution >= 4 is 35.1 Å². The van der Waals surface area contributed by atoms with E-state index >= 15 is 0 Å². The summed E-state index contributed by atoms with van der Waals surface area (Å²) in [4.78, 5) is 27.9. The molecule has 0 N–H and O–H groups in total. The van der Waals surface area contributed by atoms with Gasteiger partial charge in [-0.15, -0.1) is 0 Å². The third kappa shape index (κ3) is 5.21. The van der Waals surface area contributed by atoms with Gasteiger partial charge >= 0.3 is 0 Å². The molecule has 1 aromatic rings. The summed E-state index contributed by atoms with van der Waals surface area (Å²) in [6.45, 7) is 8.76. The predicted octanol–water partition coefficient (Wildman–Crippen LogP) is 2.38. The summed E-state index contributed by atoms with van der Waals surface area (Å²) >= 11 is 7.56. The lowest BCUT2D eigenvalue weighted by Crippen LogP contribution is -2.49. The normalized spacial score (nSPS) is 19.3. The van der Waals surface area contributed by atoms with Crippen LogP contribution in [0.25, 0.3) is 0 Å². The molecule has 2 saturated heterocycles. The number of amides is 1. The van der Waals surface area contributed by atoms with Gasteiger partial charge in [0.2, 0.25) is 5.91 Å². The Bertz CT molecular complexity index is 588. The molecule has 2 fully saturated rings. The van der Waals surface area contributed by atoms with Crippen molar-refractivity contribution in [2.24, 2.45) is 0 Å². The lowest BCUT2D eigenvalue weighted by Gasteiger charge is -2.34. The molecule has 0 spiro atoms. The van der Waals surface area contributed by atoms with Gasteiger partial charge in [0.05, 0.1) is 5.75 Å². The fourth-order valence-electron chi connectivity index (χ4n) is 3.27. The number of carbonyl (C=O) groups excluding carboxylic acids is 1. The van der Waals surface area contributed by atoms with Crippen LogP contribution >= 0.6 is 23.4 Å². The minimum atomic E-state index is 0.156. The molecule has 8 heteroatoms. The number of piperazine rings is 1. The SMILES string of the molecule is CCN1CCN(C(=O)CSc2nc(Cl)cc(N3CCCCC3)n2)CC1. The van der Waals surface area contributed by atoms with E-state index < -0.39 is 0 Å². The number of halogens is 1. The Hall–Kier alpha value is -1.05. The second-order valence-corrected chi connectivity index (χ2v) is 7.81. The quantitative estimate of drug-likeness (QED) is 0.442. The highest BCUT2D eigenvalue weighted by Crippen LogP contribution is 2.24. The average Bonchev–Trinajstić information content (AvgIpc) is 2.66. The van der Waals surface area contributed by atoms with Crippen LogP contribution < -0.4 is 4.90 Å². The van der Waals surface area contributed by atoms with E-state index in [1.54, 1.807) is 0 Å². The topological polar surface area (TPSA) is 52.6 Å². The third-order valence-corrected chi connectivity index (χ3v) is 5.86. The van der Waals surface area contributed by atoms with E-state index in [1.165, 1.54) is 31.0 Å². The molecule has 1 aromatic heterocycles. The molecule has 0 saturated carbocycles. The number of nitrogens with zero attached hydrogens (tertiary/aromatic N) is 5. The van der Waals surface area contributed by atoms with Crippen molar-refractivity contribution in [1.29, 1.82) is 0 Å². The van der Waals surface area contributed by atoms with Gasteiger partial charge in [-0.25, -0.2) is 9.97 Å². The highest BCUT2D eigenvalue weighted by Gasteiger charge is 2.21. The zero-order valence-electron chi connectivity index (χ0n) is 14.8. The van der Waals surface area contributed by atoms with Gasteiger partial charge in [-0.1, -0.05) is 30.3 Å². The number of likely N-dealkylation sites (N-methyl/N-ethyl adjacent to an activating group) is 1. The lowest BCUT2D eigenvalue weighted by molar-refractivity contribution is -0.130. The molecule has 1 amide bonds. The standard InChI is InChI=1S/C17H26ClN5OS/c1-2-21-8-10-23(11-9-21)16(24)13-25-17-19-14(18)12-15(20-17)22-6-4-3-5-7-22/h12H,2-11,13H2,1H3. The van der Waals surface area contributed by atoms with Crippen LogP contribution in [-0.2, 0) is 4.79 Å². The first-order valence-corrected chi connectivity index (χ1v) is 10.4. The third-order valence-electron chi connectivity index (χ3n) is 4.84. The molecule has 6 nitrogen and oxygen atoms in total. The largest absolute Gasteiger partial charge is 0.356 e. The fraction of sp³-hybridized carbons (Fsp3) is 0.706. The average molecular weight is 384 g/mol. The maximum atomic E-state index is 12.4. The maximum absolute atomic E-state index is 12.4. The molecule has 25 heavy (non-hydrogen) atoms. The zero-order valence-corrected chi connectivity index (χ0v) is 16.4.